The summed E-state index contributed by atoms with van der Waals surface area (Å²) in [7, 11) is -0.140. The largest absolute Gasteiger partial charge is 0.461 e. The Kier molecular flexibility index (Phi) is 3.29. The lowest BCUT2D eigenvalue weighted by molar-refractivity contribution is 0.0278. The summed E-state index contributed by atoms with van der Waals surface area (Å²) in [6.45, 7) is 5.82. The van der Waals surface area contributed by atoms with E-state index in [1.807, 2.05) is 24.4 Å². The van der Waals surface area contributed by atoms with Gasteiger partial charge in [0.1, 0.15) is 0 Å². The highest BCUT2D eigenvalue weighted by Crippen LogP contribution is 2.24. The van der Waals surface area contributed by atoms with Crippen LogP contribution < -0.4 is 0 Å². The number of nitrogens with zero attached hydrogens (tertiary/aromatic N) is 1. The van der Waals surface area contributed by atoms with Crippen LogP contribution in [0.4, 0.5) is 0 Å². The van der Waals surface area contributed by atoms with Crippen LogP contribution in [0.15, 0.2) is 36.5 Å². The number of hydrogen-bond donors (Lipinski definition) is 0. The van der Waals surface area contributed by atoms with E-state index in [1.165, 1.54) is 10.9 Å². The highest BCUT2D eigenvalue weighted by molar-refractivity contribution is 6.44. The van der Waals surface area contributed by atoms with Crippen LogP contribution in [0.25, 0.3) is 10.9 Å². The lowest BCUT2D eigenvalue weighted by Crippen LogP contribution is -2.42. The number of fused-ring (bicyclic) bond motifs is 1. The van der Waals surface area contributed by atoms with Crippen LogP contribution in [0.2, 0.25) is 0 Å². The van der Waals surface area contributed by atoms with E-state index in [2.05, 4.69) is 31.0 Å². The highest BCUT2D eigenvalue weighted by atomic mass is 16.6. The van der Waals surface area contributed by atoms with Gasteiger partial charge in [0, 0.05) is 36.5 Å². The van der Waals surface area contributed by atoms with E-state index in [4.69, 9.17) is 9.31 Å². The van der Waals surface area contributed by atoms with Gasteiger partial charge in [-0.25, -0.2) is 0 Å². The molecule has 0 amide bonds. The minimum Gasteiger partial charge on any atom is -0.410 e. The topological polar surface area (TPSA) is 31.4 Å². The summed E-state index contributed by atoms with van der Waals surface area (Å²) in [5.74, 6) is 0. The van der Waals surface area contributed by atoms with Crippen molar-refractivity contribution in [2.75, 3.05) is 13.2 Å². The van der Waals surface area contributed by atoms with Gasteiger partial charge in [0.15, 0.2) is 0 Å². The molecule has 2 heterocycles. The Morgan fingerprint density at radius 1 is 1.16 bits per heavy atom. The van der Waals surface area contributed by atoms with Crippen LogP contribution in [0.3, 0.4) is 0 Å². The lowest BCUT2D eigenvalue weighted by Gasteiger charge is -2.33. The number of pyridine rings is 1. The molecule has 0 aliphatic carbocycles. The second kappa shape index (κ2) is 4.95. The van der Waals surface area contributed by atoms with Gasteiger partial charge >= 0.3 is 7.12 Å². The molecule has 1 aromatic heterocycles. The Hall–Kier alpha value is -1.39. The molecule has 1 aliphatic heterocycles. The molecule has 4 heteroatoms. The van der Waals surface area contributed by atoms with Crippen molar-refractivity contribution in [3.05, 3.63) is 42.1 Å². The van der Waals surface area contributed by atoms with Crippen LogP contribution in [0, 0.1) is 5.41 Å². The van der Waals surface area contributed by atoms with Gasteiger partial charge in [0.2, 0.25) is 0 Å². The van der Waals surface area contributed by atoms with Crippen LogP contribution in [0.5, 0.6) is 0 Å². The number of para-hydroxylation sites is 1. The predicted octanol–water partition coefficient (Wildman–Crippen LogP) is 2.88. The third kappa shape index (κ3) is 2.80. The predicted molar refractivity (Wildman–Crippen MR) is 76.9 cm³/mol. The summed E-state index contributed by atoms with van der Waals surface area (Å²) in [6, 6.07) is 10.2. The van der Waals surface area contributed by atoms with Crippen molar-refractivity contribution >= 4 is 18.0 Å². The van der Waals surface area contributed by atoms with Gasteiger partial charge in [-0.2, -0.15) is 0 Å². The van der Waals surface area contributed by atoms with Gasteiger partial charge in [0.05, 0.1) is 5.52 Å². The quantitative estimate of drug-likeness (QED) is 0.773. The molecule has 0 unspecified atom stereocenters. The number of rotatable bonds is 2. The number of benzene rings is 1. The Bertz CT molecular complexity index is 570. The zero-order valence-electron chi connectivity index (χ0n) is 11.4. The molecule has 2 aromatic rings. The first kappa shape index (κ1) is 12.6. The summed E-state index contributed by atoms with van der Waals surface area (Å²) < 4.78 is 11.6. The first-order chi connectivity index (χ1) is 9.14. The standard InChI is InChI=1S/C15H18BNO2/c1-15(2)10-18-16(19-11-15)9-12-7-8-17-14-6-4-3-5-13(12)14/h3-8H,9-11H2,1-2H3. The molecule has 0 bridgehead atoms. The van der Waals surface area contributed by atoms with Crippen molar-refractivity contribution in [3.63, 3.8) is 0 Å². The Balaban J connectivity index is 1.79. The maximum absolute atomic E-state index is 5.80. The minimum absolute atomic E-state index is 0.122. The summed E-state index contributed by atoms with van der Waals surface area (Å²) in [4.78, 5) is 4.38. The molecule has 1 aromatic carbocycles. The van der Waals surface area contributed by atoms with Gasteiger partial charge in [-0.1, -0.05) is 32.0 Å². The molecule has 1 saturated heterocycles. The van der Waals surface area contributed by atoms with Gasteiger partial charge in [-0.15, -0.1) is 0 Å². The van der Waals surface area contributed by atoms with E-state index in [0.29, 0.717) is 0 Å². The molecule has 1 fully saturated rings. The zero-order valence-corrected chi connectivity index (χ0v) is 11.4. The molecular formula is C15H18BNO2. The molecule has 0 saturated carbocycles. The van der Waals surface area contributed by atoms with E-state index in [0.717, 1.165) is 25.1 Å². The first-order valence-corrected chi connectivity index (χ1v) is 6.70. The van der Waals surface area contributed by atoms with E-state index < -0.39 is 0 Å². The van der Waals surface area contributed by atoms with E-state index in [1.54, 1.807) is 0 Å². The van der Waals surface area contributed by atoms with E-state index >= 15 is 0 Å². The van der Waals surface area contributed by atoms with Gasteiger partial charge in [-0.05, 0) is 17.7 Å². The molecule has 0 atom stereocenters. The molecule has 0 radical (unpaired) electrons. The molecule has 3 nitrogen and oxygen atoms in total. The smallest absolute Gasteiger partial charge is 0.410 e. The van der Waals surface area contributed by atoms with Crippen molar-refractivity contribution in [2.24, 2.45) is 5.41 Å². The Morgan fingerprint density at radius 3 is 2.68 bits per heavy atom. The van der Waals surface area contributed by atoms with Crippen LogP contribution >= 0.6 is 0 Å². The fourth-order valence-corrected chi connectivity index (χ4v) is 2.36. The molecule has 0 spiro atoms. The maximum Gasteiger partial charge on any atom is 0.461 e. The first-order valence-electron chi connectivity index (χ1n) is 6.70. The van der Waals surface area contributed by atoms with Crippen molar-refractivity contribution in [1.82, 2.24) is 4.98 Å². The average Bonchev–Trinajstić information content (AvgIpc) is 2.42. The van der Waals surface area contributed by atoms with Crippen molar-refractivity contribution in [3.8, 4) is 0 Å². The Morgan fingerprint density at radius 2 is 1.89 bits per heavy atom. The normalized spacial score (nSPS) is 18.7. The van der Waals surface area contributed by atoms with Crippen LogP contribution in [0.1, 0.15) is 19.4 Å². The Labute approximate surface area is 114 Å². The second-order valence-electron chi connectivity index (χ2n) is 5.91. The molecule has 98 valence electrons. The third-order valence-corrected chi connectivity index (χ3v) is 3.45. The second-order valence-corrected chi connectivity index (χ2v) is 5.91. The van der Waals surface area contributed by atoms with Crippen molar-refractivity contribution in [1.29, 1.82) is 0 Å². The van der Waals surface area contributed by atoms with Gasteiger partial charge in [0.25, 0.3) is 0 Å². The summed E-state index contributed by atoms with van der Waals surface area (Å²) >= 11 is 0. The molecule has 3 rings (SSSR count). The SMILES string of the molecule is CC1(C)COB(Cc2ccnc3ccccc23)OC1. The van der Waals surface area contributed by atoms with Crippen LogP contribution in [-0.2, 0) is 15.6 Å². The van der Waals surface area contributed by atoms with Gasteiger partial charge < -0.3 is 9.31 Å². The fourth-order valence-electron chi connectivity index (χ4n) is 2.36. The highest BCUT2D eigenvalue weighted by Gasteiger charge is 2.32. The van der Waals surface area contributed by atoms with E-state index in [9.17, 15) is 0 Å². The monoisotopic (exact) mass is 255 g/mol. The van der Waals surface area contributed by atoms with Gasteiger partial charge in [-0.3, -0.25) is 4.98 Å². The van der Waals surface area contributed by atoms with E-state index in [-0.39, 0.29) is 12.5 Å². The van der Waals surface area contributed by atoms with Crippen LogP contribution in [-0.4, -0.2) is 25.3 Å². The molecular weight excluding hydrogens is 237 g/mol. The zero-order chi connectivity index (χ0) is 13.3. The van der Waals surface area contributed by atoms with Crippen molar-refractivity contribution in [2.45, 2.75) is 20.2 Å². The maximum atomic E-state index is 5.80. The minimum atomic E-state index is -0.140. The molecule has 0 N–H and O–H groups in total. The number of aromatic nitrogens is 1. The summed E-state index contributed by atoms with van der Waals surface area (Å²) in [6.07, 6.45) is 2.63. The lowest BCUT2D eigenvalue weighted by atomic mass is 9.76. The van der Waals surface area contributed by atoms with Crippen molar-refractivity contribution < 1.29 is 9.31 Å². The average molecular weight is 255 g/mol. The third-order valence-electron chi connectivity index (χ3n) is 3.45. The molecule has 1 aliphatic rings. The summed E-state index contributed by atoms with van der Waals surface area (Å²) in [5, 5.41) is 1.18. The number of hydrogen-bond acceptors (Lipinski definition) is 3. The fraction of sp³-hybridized carbons (Fsp3) is 0.400. The molecule has 19 heavy (non-hydrogen) atoms. The summed E-state index contributed by atoms with van der Waals surface area (Å²) in [5.41, 5.74) is 2.38.